The van der Waals surface area contributed by atoms with Crippen molar-refractivity contribution in [2.75, 3.05) is 44.3 Å². The predicted octanol–water partition coefficient (Wildman–Crippen LogP) is 5.20. The molecule has 0 unspecified atom stereocenters. The van der Waals surface area contributed by atoms with Gasteiger partial charge in [-0.3, -0.25) is 9.21 Å². The maximum atomic E-state index is 13.6. The number of anilines is 1. The van der Waals surface area contributed by atoms with Crippen molar-refractivity contribution in [3.63, 3.8) is 0 Å². The molecule has 0 radical (unpaired) electrons. The predicted molar refractivity (Wildman–Crippen MR) is 150 cm³/mol. The standard InChI is InChI=1S/C26H32N4O4S3/c1-3-34-13-12-30(37(31,32)24-10-6-14-35-24)23-9-4-7-19-15-22(28-25(19)23)26-27-16-21(36-26)17-29-11-5-8-20(29)18-33-2/h4,6-7,9-10,14-16,20,28H,3,5,8,11-13,17-18H2,1-2H3/t20-/m0/s1. The number of nitrogens with zero attached hydrogens (tertiary/aromatic N) is 3. The molecule has 4 aromatic rings. The van der Waals surface area contributed by atoms with Crippen molar-refractivity contribution >= 4 is 49.3 Å². The van der Waals surface area contributed by atoms with Gasteiger partial charge in [0.2, 0.25) is 0 Å². The molecule has 1 aliphatic rings. The Morgan fingerprint density at radius 2 is 2.16 bits per heavy atom. The highest BCUT2D eigenvalue weighted by Gasteiger charge is 2.28. The van der Waals surface area contributed by atoms with Crippen LogP contribution in [0.15, 0.2) is 52.2 Å². The Hall–Kier alpha value is -2.28. The van der Waals surface area contributed by atoms with Gasteiger partial charge in [-0.2, -0.15) is 0 Å². The van der Waals surface area contributed by atoms with E-state index in [1.807, 2.05) is 37.4 Å². The molecule has 0 aliphatic carbocycles. The van der Waals surface area contributed by atoms with Gasteiger partial charge >= 0.3 is 0 Å². The Kier molecular flexibility index (Phi) is 8.28. The average Bonchev–Trinajstić information content (AvgIpc) is 3.69. The Bertz CT molecular complexity index is 1410. The molecule has 37 heavy (non-hydrogen) atoms. The monoisotopic (exact) mass is 560 g/mol. The van der Waals surface area contributed by atoms with Crippen LogP contribution in [-0.2, 0) is 26.0 Å². The fraction of sp³-hybridized carbons (Fsp3) is 0.423. The van der Waals surface area contributed by atoms with E-state index in [2.05, 4.69) is 9.88 Å². The molecule has 1 atom stereocenters. The first-order chi connectivity index (χ1) is 18.0. The zero-order chi connectivity index (χ0) is 25.8. The zero-order valence-corrected chi connectivity index (χ0v) is 23.5. The molecule has 11 heteroatoms. The number of aromatic nitrogens is 2. The minimum absolute atomic E-state index is 0.224. The fourth-order valence-electron chi connectivity index (χ4n) is 4.83. The fourth-order valence-corrected chi connectivity index (χ4v) is 8.31. The van der Waals surface area contributed by atoms with Crippen LogP contribution < -0.4 is 4.31 Å². The molecular weight excluding hydrogens is 529 g/mol. The number of nitrogens with one attached hydrogen (secondary N) is 1. The zero-order valence-electron chi connectivity index (χ0n) is 21.1. The third-order valence-corrected chi connectivity index (χ3v) is 10.8. The minimum Gasteiger partial charge on any atom is -0.383 e. The third-order valence-electron chi connectivity index (χ3n) is 6.59. The van der Waals surface area contributed by atoms with Crippen LogP contribution in [0.5, 0.6) is 0 Å². The summed E-state index contributed by atoms with van der Waals surface area (Å²) in [7, 11) is -1.98. The van der Waals surface area contributed by atoms with Crippen LogP contribution in [0.2, 0.25) is 0 Å². The Morgan fingerprint density at radius 1 is 1.27 bits per heavy atom. The van der Waals surface area contributed by atoms with Crippen molar-refractivity contribution in [3.8, 4) is 10.7 Å². The summed E-state index contributed by atoms with van der Waals surface area (Å²) in [6.45, 7) is 5.65. The molecule has 1 N–H and O–H groups in total. The number of para-hydroxylation sites is 1. The number of thiazole rings is 1. The second-order valence-electron chi connectivity index (χ2n) is 8.98. The average molecular weight is 561 g/mol. The van der Waals surface area contributed by atoms with Gasteiger partial charge in [0.1, 0.15) is 9.22 Å². The summed E-state index contributed by atoms with van der Waals surface area (Å²) in [4.78, 5) is 11.8. The smallest absolute Gasteiger partial charge is 0.273 e. The number of likely N-dealkylation sites (tertiary alicyclic amines) is 1. The highest BCUT2D eigenvalue weighted by molar-refractivity contribution is 7.94. The number of aromatic amines is 1. The van der Waals surface area contributed by atoms with Gasteiger partial charge in [0.05, 0.1) is 36.7 Å². The van der Waals surface area contributed by atoms with Crippen molar-refractivity contribution in [1.29, 1.82) is 0 Å². The highest BCUT2D eigenvalue weighted by atomic mass is 32.2. The molecule has 1 aliphatic heterocycles. The number of ether oxygens (including phenoxy) is 2. The molecule has 1 saturated heterocycles. The van der Waals surface area contributed by atoms with Crippen LogP contribution in [0.3, 0.4) is 0 Å². The molecule has 0 bridgehead atoms. The van der Waals surface area contributed by atoms with Crippen molar-refractivity contribution in [2.24, 2.45) is 0 Å². The summed E-state index contributed by atoms with van der Waals surface area (Å²) >= 11 is 2.89. The maximum Gasteiger partial charge on any atom is 0.273 e. The quantitative estimate of drug-likeness (QED) is 0.240. The lowest BCUT2D eigenvalue weighted by Gasteiger charge is -2.24. The molecule has 3 aromatic heterocycles. The van der Waals surface area contributed by atoms with Crippen LogP contribution in [0.25, 0.3) is 21.6 Å². The van der Waals surface area contributed by atoms with E-state index in [-0.39, 0.29) is 6.54 Å². The number of fused-ring (bicyclic) bond motifs is 1. The number of H-pyrrole nitrogens is 1. The maximum absolute atomic E-state index is 13.6. The number of hydrogen-bond donors (Lipinski definition) is 1. The summed E-state index contributed by atoms with van der Waals surface area (Å²) in [5, 5.41) is 3.61. The lowest BCUT2D eigenvalue weighted by molar-refractivity contribution is 0.112. The number of benzene rings is 1. The van der Waals surface area contributed by atoms with Gasteiger partial charge in [0.15, 0.2) is 0 Å². The third kappa shape index (κ3) is 5.62. The molecule has 0 spiro atoms. The summed E-state index contributed by atoms with van der Waals surface area (Å²) in [5.74, 6) is 0. The van der Waals surface area contributed by atoms with E-state index in [4.69, 9.17) is 14.5 Å². The molecule has 4 heterocycles. The lowest BCUT2D eigenvalue weighted by atomic mass is 10.2. The molecule has 1 fully saturated rings. The Balaban J connectivity index is 1.45. The summed E-state index contributed by atoms with van der Waals surface area (Å²) in [5.41, 5.74) is 2.26. The Morgan fingerprint density at radius 3 is 2.95 bits per heavy atom. The first-order valence-corrected chi connectivity index (χ1v) is 15.6. The van der Waals surface area contributed by atoms with E-state index in [1.54, 1.807) is 36.0 Å². The van der Waals surface area contributed by atoms with Crippen LogP contribution in [0.4, 0.5) is 5.69 Å². The van der Waals surface area contributed by atoms with Gasteiger partial charge in [-0.1, -0.05) is 18.2 Å². The van der Waals surface area contributed by atoms with Crippen molar-refractivity contribution in [3.05, 3.63) is 52.9 Å². The van der Waals surface area contributed by atoms with E-state index >= 15 is 0 Å². The number of rotatable bonds is 12. The van der Waals surface area contributed by atoms with Gasteiger partial charge in [-0.15, -0.1) is 22.7 Å². The van der Waals surface area contributed by atoms with Crippen LogP contribution >= 0.6 is 22.7 Å². The largest absolute Gasteiger partial charge is 0.383 e. The lowest BCUT2D eigenvalue weighted by Crippen LogP contribution is -2.34. The van der Waals surface area contributed by atoms with Gasteiger partial charge in [-0.05, 0) is 49.9 Å². The van der Waals surface area contributed by atoms with Gasteiger partial charge in [-0.25, -0.2) is 13.4 Å². The van der Waals surface area contributed by atoms with Crippen LogP contribution in [-0.4, -0.2) is 69.3 Å². The molecule has 5 rings (SSSR count). The number of hydrogen-bond acceptors (Lipinski definition) is 8. The summed E-state index contributed by atoms with van der Waals surface area (Å²) in [6.07, 6.45) is 4.31. The van der Waals surface area contributed by atoms with Crippen LogP contribution in [0, 0.1) is 0 Å². The van der Waals surface area contributed by atoms with Crippen LogP contribution in [0.1, 0.15) is 24.6 Å². The van der Waals surface area contributed by atoms with Crippen molar-refractivity contribution in [1.82, 2.24) is 14.9 Å². The second-order valence-corrected chi connectivity index (χ2v) is 13.1. The highest BCUT2D eigenvalue weighted by Crippen LogP contribution is 2.36. The summed E-state index contributed by atoms with van der Waals surface area (Å²) < 4.78 is 39.9. The second kappa shape index (κ2) is 11.6. The molecule has 0 amide bonds. The molecular formula is C26H32N4O4S3. The molecule has 0 saturated carbocycles. The SMILES string of the molecule is CCOCCN(c1cccc2cc(-c3ncc(CN4CCC[C@H]4COC)s3)[nH]c12)S(=O)(=O)c1cccs1. The topological polar surface area (TPSA) is 87.8 Å². The van der Waals surface area contributed by atoms with Crippen molar-refractivity contribution in [2.45, 2.75) is 36.6 Å². The first-order valence-electron chi connectivity index (χ1n) is 12.4. The Labute approximate surface area is 225 Å². The molecule has 198 valence electrons. The number of thiophene rings is 1. The van der Waals surface area contributed by atoms with Gasteiger partial charge in [0, 0.05) is 42.8 Å². The van der Waals surface area contributed by atoms with E-state index in [0.717, 1.165) is 41.3 Å². The summed E-state index contributed by atoms with van der Waals surface area (Å²) in [6, 6.07) is 11.6. The molecule has 1 aromatic carbocycles. The van der Waals surface area contributed by atoms with Crippen molar-refractivity contribution < 1.29 is 17.9 Å². The number of methoxy groups -OCH3 is 1. The van der Waals surface area contributed by atoms with E-state index in [0.29, 0.717) is 29.2 Å². The minimum atomic E-state index is -3.73. The normalized spacial score (nSPS) is 16.6. The first kappa shape index (κ1) is 26.3. The van der Waals surface area contributed by atoms with E-state index in [1.165, 1.54) is 33.4 Å². The molecule has 8 nitrogen and oxygen atoms in total. The van der Waals surface area contributed by atoms with E-state index < -0.39 is 10.0 Å². The number of sulfonamides is 1. The van der Waals surface area contributed by atoms with E-state index in [9.17, 15) is 8.42 Å². The van der Waals surface area contributed by atoms with Gasteiger partial charge < -0.3 is 14.5 Å². The van der Waals surface area contributed by atoms with Gasteiger partial charge in [0.25, 0.3) is 10.0 Å².